The summed E-state index contributed by atoms with van der Waals surface area (Å²) < 4.78 is 26.5. The average molecular weight is 317 g/mol. The molecule has 0 aromatic carbocycles. The highest BCUT2D eigenvalue weighted by Crippen LogP contribution is 2.28. The van der Waals surface area contributed by atoms with E-state index in [2.05, 4.69) is 5.32 Å². The van der Waals surface area contributed by atoms with Crippen LogP contribution >= 0.6 is 0 Å². The van der Waals surface area contributed by atoms with Gasteiger partial charge in [0.2, 0.25) is 15.9 Å². The molecule has 2 aliphatic rings. The predicted molar refractivity (Wildman–Crippen MR) is 82.1 cm³/mol. The summed E-state index contributed by atoms with van der Waals surface area (Å²) in [5, 5.41) is 2.76. The van der Waals surface area contributed by atoms with Crippen molar-refractivity contribution in [1.82, 2.24) is 9.62 Å². The summed E-state index contributed by atoms with van der Waals surface area (Å²) in [6.45, 7) is 1.73. The second-order valence-electron chi connectivity index (χ2n) is 6.21. The van der Waals surface area contributed by atoms with Gasteiger partial charge >= 0.3 is 0 Å². The molecule has 2 fully saturated rings. The van der Waals surface area contributed by atoms with Gasteiger partial charge in [-0.25, -0.2) is 12.7 Å². The van der Waals surface area contributed by atoms with Crippen LogP contribution < -0.4 is 11.1 Å². The smallest absolute Gasteiger partial charge is 0.224 e. The molecule has 1 aliphatic heterocycles. The first-order valence-corrected chi connectivity index (χ1v) is 9.59. The maximum atomic E-state index is 12.5. The lowest BCUT2D eigenvalue weighted by atomic mass is 9.99. The van der Waals surface area contributed by atoms with E-state index in [4.69, 9.17) is 5.73 Å². The van der Waals surface area contributed by atoms with Crippen molar-refractivity contribution in [2.24, 2.45) is 17.6 Å². The van der Waals surface area contributed by atoms with Crippen LogP contribution in [-0.4, -0.2) is 50.6 Å². The quantitative estimate of drug-likeness (QED) is 0.736. The van der Waals surface area contributed by atoms with E-state index in [-0.39, 0.29) is 17.6 Å². The van der Waals surface area contributed by atoms with Gasteiger partial charge in [0.05, 0.1) is 11.7 Å². The first kappa shape index (κ1) is 16.7. The number of nitrogens with two attached hydrogens (primary N) is 1. The van der Waals surface area contributed by atoms with Crippen LogP contribution in [0.4, 0.5) is 0 Å². The molecule has 1 saturated heterocycles. The monoisotopic (exact) mass is 317 g/mol. The number of nitrogens with zero attached hydrogens (tertiary/aromatic N) is 1. The SMILES string of the molecule is NCCNC(=O)C1CCCN(S(=O)(=O)CC2CCCC2)C1. The molecule has 0 radical (unpaired) electrons. The number of hydrogen-bond donors (Lipinski definition) is 2. The molecular weight excluding hydrogens is 290 g/mol. The zero-order chi connectivity index (χ0) is 15.3. The maximum Gasteiger partial charge on any atom is 0.224 e. The molecule has 6 nitrogen and oxygen atoms in total. The molecule has 1 saturated carbocycles. The van der Waals surface area contributed by atoms with Crippen LogP contribution in [0.3, 0.4) is 0 Å². The van der Waals surface area contributed by atoms with Gasteiger partial charge in [0.1, 0.15) is 0 Å². The van der Waals surface area contributed by atoms with E-state index in [1.807, 2.05) is 0 Å². The molecule has 21 heavy (non-hydrogen) atoms. The third-order valence-electron chi connectivity index (χ3n) is 4.51. The Hall–Kier alpha value is -0.660. The third-order valence-corrected chi connectivity index (χ3v) is 6.52. The lowest BCUT2D eigenvalue weighted by molar-refractivity contribution is -0.126. The maximum absolute atomic E-state index is 12.5. The summed E-state index contributed by atoms with van der Waals surface area (Å²) in [4.78, 5) is 12.0. The molecule has 7 heteroatoms. The predicted octanol–water partition coefficient (Wildman–Crippen LogP) is 0.293. The van der Waals surface area contributed by atoms with Crippen LogP contribution in [0.25, 0.3) is 0 Å². The van der Waals surface area contributed by atoms with Crippen LogP contribution in [0, 0.1) is 11.8 Å². The first-order chi connectivity index (χ1) is 10.0. The highest BCUT2D eigenvalue weighted by Gasteiger charge is 2.34. The molecule has 1 atom stereocenters. The summed E-state index contributed by atoms with van der Waals surface area (Å²) in [6.07, 6.45) is 5.84. The molecule has 0 aromatic heterocycles. The fraction of sp³-hybridized carbons (Fsp3) is 0.929. The molecule has 0 spiro atoms. The Kier molecular flexibility index (Phi) is 6.01. The van der Waals surface area contributed by atoms with Gasteiger partial charge in [-0.05, 0) is 31.6 Å². The Balaban J connectivity index is 1.91. The van der Waals surface area contributed by atoms with Crippen molar-refractivity contribution in [3.05, 3.63) is 0 Å². The molecular formula is C14H27N3O3S. The van der Waals surface area contributed by atoms with E-state index in [0.29, 0.717) is 32.1 Å². The molecule has 3 N–H and O–H groups in total. The molecule has 0 bridgehead atoms. The van der Waals surface area contributed by atoms with Gasteiger partial charge in [0, 0.05) is 26.2 Å². The van der Waals surface area contributed by atoms with E-state index in [1.54, 1.807) is 0 Å². The Morgan fingerprint density at radius 3 is 2.57 bits per heavy atom. The summed E-state index contributed by atoms with van der Waals surface area (Å²) in [5.74, 6) is 0.260. The van der Waals surface area contributed by atoms with E-state index in [1.165, 1.54) is 4.31 Å². The molecule has 1 unspecified atom stereocenters. The Labute approximate surface area is 127 Å². The zero-order valence-corrected chi connectivity index (χ0v) is 13.4. The standard InChI is InChI=1S/C14H27N3O3S/c15-7-8-16-14(18)13-6-3-9-17(10-13)21(19,20)11-12-4-1-2-5-12/h12-13H,1-11,15H2,(H,16,18). The van der Waals surface area contributed by atoms with Gasteiger partial charge in [0.15, 0.2) is 0 Å². The minimum atomic E-state index is -3.23. The summed E-state index contributed by atoms with van der Waals surface area (Å²) >= 11 is 0. The first-order valence-electron chi connectivity index (χ1n) is 7.98. The minimum absolute atomic E-state index is 0.0683. The van der Waals surface area contributed by atoms with Gasteiger partial charge in [-0.1, -0.05) is 12.8 Å². The number of sulfonamides is 1. The second kappa shape index (κ2) is 7.56. The summed E-state index contributed by atoms with van der Waals surface area (Å²) in [6, 6.07) is 0. The van der Waals surface area contributed by atoms with Crippen molar-refractivity contribution in [3.63, 3.8) is 0 Å². The Bertz CT molecular complexity index is 446. The van der Waals surface area contributed by atoms with Crippen LogP contribution in [0.2, 0.25) is 0 Å². The van der Waals surface area contributed by atoms with Crippen LogP contribution in [0.5, 0.6) is 0 Å². The largest absolute Gasteiger partial charge is 0.355 e. The number of nitrogens with one attached hydrogen (secondary N) is 1. The Morgan fingerprint density at radius 1 is 1.19 bits per heavy atom. The van der Waals surface area contributed by atoms with E-state index < -0.39 is 10.0 Å². The Morgan fingerprint density at radius 2 is 1.90 bits per heavy atom. The topological polar surface area (TPSA) is 92.5 Å². The number of carbonyl (C=O) groups excluding carboxylic acids is 1. The zero-order valence-electron chi connectivity index (χ0n) is 12.6. The molecule has 1 amide bonds. The van der Waals surface area contributed by atoms with Crippen molar-refractivity contribution in [2.45, 2.75) is 38.5 Å². The lowest BCUT2D eigenvalue weighted by Crippen LogP contribution is -2.47. The molecule has 0 aromatic rings. The number of rotatable bonds is 6. The average Bonchev–Trinajstić information content (AvgIpc) is 2.97. The van der Waals surface area contributed by atoms with Gasteiger partial charge in [-0.15, -0.1) is 0 Å². The number of carbonyl (C=O) groups is 1. The van der Waals surface area contributed by atoms with Gasteiger partial charge in [-0.3, -0.25) is 4.79 Å². The van der Waals surface area contributed by atoms with Crippen LogP contribution in [-0.2, 0) is 14.8 Å². The number of hydrogen-bond acceptors (Lipinski definition) is 4. The molecule has 1 heterocycles. The van der Waals surface area contributed by atoms with Gasteiger partial charge in [0.25, 0.3) is 0 Å². The fourth-order valence-corrected chi connectivity index (χ4v) is 5.28. The van der Waals surface area contributed by atoms with Crippen molar-refractivity contribution in [3.8, 4) is 0 Å². The molecule has 1 aliphatic carbocycles. The normalized spacial score (nSPS) is 25.1. The van der Waals surface area contributed by atoms with Crippen LogP contribution in [0.1, 0.15) is 38.5 Å². The van der Waals surface area contributed by atoms with Crippen molar-refractivity contribution in [2.75, 3.05) is 31.9 Å². The fourth-order valence-electron chi connectivity index (χ4n) is 3.33. The summed E-state index contributed by atoms with van der Waals surface area (Å²) in [7, 11) is -3.23. The van der Waals surface area contributed by atoms with Crippen molar-refractivity contribution in [1.29, 1.82) is 0 Å². The van der Waals surface area contributed by atoms with Crippen LogP contribution in [0.15, 0.2) is 0 Å². The highest BCUT2D eigenvalue weighted by atomic mass is 32.2. The highest BCUT2D eigenvalue weighted by molar-refractivity contribution is 7.89. The van der Waals surface area contributed by atoms with Gasteiger partial charge < -0.3 is 11.1 Å². The number of piperidine rings is 1. The van der Waals surface area contributed by atoms with E-state index in [9.17, 15) is 13.2 Å². The van der Waals surface area contributed by atoms with E-state index in [0.717, 1.165) is 38.5 Å². The van der Waals surface area contributed by atoms with E-state index >= 15 is 0 Å². The van der Waals surface area contributed by atoms with Crippen molar-refractivity contribution >= 4 is 15.9 Å². The third kappa shape index (κ3) is 4.66. The molecule has 2 rings (SSSR count). The number of amides is 1. The van der Waals surface area contributed by atoms with Gasteiger partial charge in [-0.2, -0.15) is 0 Å². The molecule has 122 valence electrons. The second-order valence-corrected chi connectivity index (χ2v) is 8.22. The minimum Gasteiger partial charge on any atom is -0.355 e. The van der Waals surface area contributed by atoms with Crippen molar-refractivity contribution < 1.29 is 13.2 Å². The summed E-state index contributed by atoms with van der Waals surface area (Å²) in [5.41, 5.74) is 5.37. The lowest BCUT2D eigenvalue weighted by Gasteiger charge is -2.32.